The summed E-state index contributed by atoms with van der Waals surface area (Å²) in [6.07, 6.45) is 0. The maximum atomic E-state index is 13.0. The summed E-state index contributed by atoms with van der Waals surface area (Å²) in [4.78, 5) is 13.0. The molecule has 0 fully saturated rings. The zero-order valence-corrected chi connectivity index (χ0v) is 16.1. The standard InChI is InChI=1S/C22H29NO2/c1-21(2,3)16-12-15(13-17(20(16)25)22(4,5)6)19(24)18(23)14-10-8-7-9-11-14/h7-13,18,25H,23H2,1-6H3/t18-/m1/s1. The fourth-order valence-electron chi connectivity index (χ4n) is 2.91. The minimum atomic E-state index is -0.716. The predicted molar refractivity (Wildman–Crippen MR) is 103 cm³/mol. The number of phenolic OH excluding ortho intramolecular Hbond substituents is 1. The van der Waals surface area contributed by atoms with Gasteiger partial charge in [-0.05, 0) is 28.5 Å². The lowest BCUT2D eigenvalue weighted by atomic mass is 9.77. The van der Waals surface area contributed by atoms with E-state index in [1.54, 1.807) is 12.1 Å². The van der Waals surface area contributed by atoms with Gasteiger partial charge in [-0.15, -0.1) is 0 Å². The number of nitrogens with two attached hydrogens (primary N) is 1. The molecular formula is C22H29NO2. The molecule has 134 valence electrons. The average molecular weight is 339 g/mol. The molecule has 0 radical (unpaired) electrons. The highest BCUT2D eigenvalue weighted by atomic mass is 16.3. The van der Waals surface area contributed by atoms with Crippen molar-refractivity contribution in [3.05, 3.63) is 64.7 Å². The van der Waals surface area contributed by atoms with E-state index >= 15 is 0 Å². The number of phenols is 1. The van der Waals surface area contributed by atoms with E-state index in [0.29, 0.717) is 5.56 Å². The Morgan fingerprint density at radius 1 is 0.920 bits per heavy atom. The van der Waals surface area contributed by atoms with Gasteiger partial charge in [-0.2, -0.15) is 0 Å². The first-order valence-corrected chi connectivity index (χ1v) is 8.65. The number of carbonyl (C=O) groups excluding carboxylic acids is 1. The van der Waals surface area contributed by atoms with E-state index < -0.39 is 6.04 Å². The number of aromatic hydroxyl groups is 1. The molecule has 0 spiro atoms. The predicted octanol–water partition coefficient (Wildman–Crippen LogP) is 4.87. The van der Waals surface area contributed by atoms with E-state index in [-0.39, 0.29) is 22.4 Å². The summed E-state index contributed by atoms with van der Waals surface area (Å²) in [6, 6.07) is 12.2. The highest BCUT2D eigenvalue weighted by Crippen LogP contribution is 2.40. The monoisotopic (exact) mass is 339 g/mol. The van der Waals surface area contributed by atoms with Gasteiger partial charge in [-0.3, -0.25) is 4.79 Å². The van der Waals surface area contributed by atoms with Gasteiger partial charge in [0.1, 0.15) is 5.75 Å². The molecule has 25 heavy (non-hydrogen) atoms. The minimum absolute atomic E-state index is 0.137. The van der Waals surface area contributed by atoms with Crippen LogP contribution in [-0.2, 0) is 10.8 Å². The van der Waals surface area contributed by atoms with Crippen molar-refractivity contribution in [3.63, 3.8) is 0 Å². The number of hydrogen-bond donors (Lipinski definition) is 2. The third kappa shape index (κ3) is 4.10. The minimum Gasteiger partial charge on any atom is -0.507 e. The number of carbonyl (C=O) groups is 1. The maximum Gasteiger partial charge on any atom is 0.184 e. The molecule has 0 aromatic heterocycles. The normalized spacial score (nSPS) is 13.6. The van der Waals surface area contributed by atoms with E-state index in [4.69, 9.17) is 5.73 Å². The number of ketones is 1. The zero-order chi connectivity index (χ0) is 19.0. The molecule has 0 saturated heterocycles. The van der Waals surface area contributed by atoms with Crippen molar-refractivity contribution in [2.24, 2.45) is 5.73 Å². The Labute approximate surface area is 150 Å². The summed E-state index contributed by atoms with van der Waals surface area (Å²) in [5, 5.41) is 10.8. The van der Waals surface area contributed by atoms with Crippen LogP contribution >= 0.6 is 0 Å². The maximum absolute atomic E-state index is 13.0. The third-order valence-electron chi connectivity index (χ3n) is 4.45. The van der Waals surface area contributed by atoms with E-state index in [1.807, 2.05) is 71.9 Å². The molecule has 1 atom stereocenters. The molecule has 2 aromatic rings. The summed E-state index contributed by atoms with van der Waals surface area (Å²) >= 11 is 0. The molecule has 0 saturated carbocycles. The zero-order valence-electron chi connectivity index (χ0n) is 16.1. The molecule has 0 aliphatic heterocycles. The van der Waals surface area contributed by atoms with Crippen LogP contribution in [0.15, 0.2) is 42.5 Å². The SMILES string of the molecule is CC(C)(C)c1cc(C(=O)[C@H](N)c2ccccc2)cc(C(C)(C)C)c1O. The number of hydrogen-bond acceptors (Lipinski definition) is 3. The van der Waals surface area contributed by atoms with Crippen LogP contribution in [0.25, 0.3) is 0 Å². The number of benzene rings is 2. The molecule has 3 nitrogen and oxygen atoms in total. The Bertz CT molecular complexity index is 730. The fraction of sp³-hybridized carbons (Fsp3) is 0.409. The number of Topliss-reactive ketones (excluding diaryl/α,β-unsaturated/α-hetero) is 1. The van der Waals surface area contributed by atoms with Crippen LogP contribution in [0.3, 0.4) is 0 Å². The lowest BCUT2D eigenvalue weighted by molar-refractivity contribution is 0.0961. The largest absolute Gasteiger partial charge is 0.507 e. The van der Waals surface area contributed by atoms with Gasteiger partial charge in [-0.25, -0.2) is 0 Å². The fourth-order valence-corrected chi connectivity index (χ4v) is 2.91. The van der Waals surface area contributed by atoms with E-state index in [2.05, 4.69) is 0 Å². The Balaban J connectivity index is 2.59. The van der Waals surface area contributed by atoms with E-state index in [1.165, 1.54) is 0 Å². The van der Waals surface area contributed by atoms with E-state index in [9.17, 15) is 9.90 Å². The second kappa shape index (κ2) is 6.64. The second-order valence-corrected chi connectivity index (χ2v) is 8.67. The highest BCUT2D eigenvalue weighted by Gasteiger charge is 2.29. The summed E-state index contributed by atoms with van der Waals surface area (Å²) in [7, 11) is 0. The lowest BCUT2D eigenvalue weighted by Gasteiger charge is -2.28. The van der Waals surface area contributed by atoms with Crippen LogP contribution in [-0.4, -0.2) is 10.9 Å². The molecule has 3 heteroatoms. The molecular weight excluding hydrogens is 310 g/mol. The number of rotatable bonds is 3. The quantitative estimate of drug-likeness (QED) is 0.784. The van der Waals surface area contributed by atoms with Crippen LogP contribution in [0, 0.1) is 0 Å². The first-order chi connectivity index (χ1) is 11.4. The summed E-state index contributed by atoms with van der Waals surface area (Å²) < 4.78 is 0. The molecule has 2 aromatic carbocycles. The van der Waals surface area contributed by atoms with Gasteiger partial charge >= 0.3 is 0 Å². The molecule has 0 aliphatic rings. The Hall–Kier alpha value is -2.13. The molecule has 0 amide bonds. The Morgan fingerprint density at radius 2 is 1.36 bits per heavy atom. The van der Waals surface area contributed by atoms with Crippen molar-refractivity contribution < 1.29 is 9.90 Å². The second-order valence-electron chi connectivity index (χ2n) is 8.67. The van der Waals surface area contributed by atoms with Gasteiger partial charge in [0.2, 0.25) is 0 Å². The first-order valence-electron chi connectivity index (χ1n) is 8.65. The van der Waals surface area contributed by atoms with Crippen LogP contribution in [0.1, 0.15) is 74.6 Å². The summed E-state index contributed by atoms with van der Waals surface area (Å²) in [5.41, 5.74) is 8.52. The molecule has 3 N–H and O–H groups in total. The molecule has 0 unspecified atom stereocenters. The highest BCUT2D eigenvalue weighted by molar-refractivity contribution is 6.01. The summed E-state index contributed by atoms with van der Waals surface area (Å²) in [6.45, 7) is 12.2. The van der Waals surface area contributed by atoms with Crippen LogP contribution in [0.4, 0.5) is 0 Å². The van der Waals surface area contributed by atoms with Gasteiger partial charge in [0.25, 0.3) is 0 Å². The van der Waals surface area contributed by atoms with Gasteiger partial charge in [0, 0.05) is 16.7 Å². The smallest absolute Gasteiger partial charge is 0.184 e. The van der Waals surface area contributed by atoms with Gasteiger partial charge in [-0.1, -0.05) is 71.9 Å². The van der Waals surface area contributed by atoms with Gasteiger partial charge in [0.05, 0.1) is 6.04 Å². The first kappa shape index (κ1) is 19.2. The van der Waals surface area contributed by atoms with Crippen molar-refractivity contribution >= 4 is 5.78 Å². The topological polar surface area (TPSA) is 63.3 Å². The molecule has 0 aliphatic carbocycles. The molecule has 0 heterocycles. The Kier molecular flexibility index (Phi) is 5.10. The lowest BCUT2D eigenvalue weighted by Crippen LogP contribution is -2.24. The molecule has 0 bridgehead atoms. The Morgan fingerprint density at radius 3 is 1.76 bits per heavy atom. The van der Waals surface area contributed by atoms with Crippen molar-refractivity contribution in [3.8, 4) is 5.75 Å². The summed E-state index contributed by atoms with van der Waals surface area (Å²) in [5.74, 6) is 0.132. The van der Waals surface area contributed by atoms with Crippen LogP contribution in [0.5, 0.6) is 5.75 Å². The van der Waals surface area contributed by atoms with Crippen LogP contribution < -0.4 is 5.73 Å². The van der Waals surface area contributed by atoms with Crippen LogP contribution in [0.2, 0.25) is 0 Å². The molecule has 2 rings (SSSR count). The van der Waals surface area contributed by atoms with Crippen molar-refractivity contribution in [1.82, 2.24) is 0 Å². The van der Waals surface area contributed by atoms with Gasteiger partial charge in [0.15, 0.2) is 5.78 Å². The van der Waals surface area contributed by atoms with E-state index in [0.717, 1.165) is 16.7 Å². The van der Waals surface area contributed by atoms with Crippen molar-refractivity contribution in [1.29, 1.82) is 0 Å². The third-order valence-corrected chi connectivity index (χ3v) is 4.45. The van der Waals surface area contributed by atoms with Gasteiger partial charge < -0.3 is 10.8 Å². The average Bonchev–Trinajstić information content (AvgIpc) is 2.52. The van der Waals surface area contributed by atoms with Crippen molar-refractivity contribution in [2.75, 3.05) is 0 Å². The van der Waals surface area contributed by atoms with Crippen molar-refractivity contribution in [2.45, 2.75) is 58.4 Å².